The second kappa shape index (κ2) is 6.55. The smallest absolute Gasteiger partial charge is 0.258 e. The molecule has 120 valence electrons. The Balaban J connectivity index is 2.06. The van der Waals surface area contributed by atoms with Gasteiger partial charge in [0.25, 0.3) is 5.69 Å². The lowest BCUT2D eigenvalue weighted by atomic mass is 10.1. The number of rotatable bonds is 4. The highest BCUT2D eigenvalue weighted by Crippen LogP contribution is 2.18. The van der Waals surface area contributed by atoms with E-state index in [0.717, 1.165) is 5.56 Å². The fourth-order valence-electron chi connectivity index (χ4n) is 2.21. The number of hydrogen-bond donors (Lipinski definition) is 1. The molecule has 8 heteroatoms. The molecule has 2 aromatic carbocycles. The van der Waals surface area contributed by atoms with E-state index in [4.69, 9.17) is 12.2 Å². The molecule has 0 saturated carbocycles. The standard InChI is InChI=1S/C16H13N5O2S/c1-11(13-8-5-9-14(10-13)21(22)23)19-20-15(17-18-16(20)24)12-6-3-2-4-7-12/h2-10H,1H3,(H,18,24). The highest BCUT2D eigenvalue weighted by molar-refractivity contribution is 7.71. The maximum Gasteiger partial charge on any atom is 0.270 e. The van der Waals surface area contributed by atoms with Crippen molar-refractivity contribution in [2.24, 2.45) is 5.10 Å². The number of aromatic amines is 1. The van der Waals surface area contributed by atoms with Crippen molar-refractivity contribution in [1.29, 1.82) is 0 Å². The number of H-pyrrole nitrogens is 1. The number of aromatic nitrogens is 3. The molecule has 0 amide bonds. The minimum Gasteiger partial charge on any atom is -0.258 e. The van der Waals surface area contributed by atoms with Crippen molar-refractivity contribution in [2.75, 3.05) is 0 Å². The van der Waals surface area contributed by atoms with Crippen molar-refractivity contribution >= 4 is 23.6 Å². The number of nitro groups is 1. The van der Waals surface area contributed by atoms with E-state index >= 15 is 0 Å². The van der Waals surface area contributed by atoms with Crippen LogP contribution in [0.3, 0.4) is 0 Å². The summed E-state index contributed by atoms with van der Waals surface area (Å²) in [6.45, 7) is 1.77. The summed E-state index contributed by atoms with van der Waals surface area (Å²) < 4.78 is 1.86. The lowest BCUT2D eigenvalue weighted by Gasteiger charge is -2.04. The Morgan fingerprint density at radius 2 is 2.00 bits per heavy atom. The summed E-state index contributed by atoms with van der Waals surface area (Å²) in [5.41, 5.74) is 2.11. The van der Waals surface area contributed by atoms with E-state index in [9.17, 15) is 10.1 Å². The molecule has 0 spiro atoms. The van der Waals surface area contributed by atoms with Crippen LogP contribution in [0.4, 0.5) is 5.69 Å². The zero-order valence-corrected chi connectivity index (χ0v) is 13.5. The summed E-state index contributed by atoms with van der Waals surface area (Å²) in [4.78, 5) is 10.5. The number of nitrogens with one attached hydrogen (secondary N) is 1. The van der Waals surface area contributed by atoms with Gasteiger partial charge in [-0.15, -0.1) is 0 Å². The molecule has 0 unspecified atom stereocenters. The van der Waals surface area contributed by atoms with Gasteiger partial charge in [-0.1, -0.05) is 42.5 Å². The monoisotopic (exact) mass is 339 g/mol. The molecule has 0 radical (unpaired) electrons. The second-order valence-corrected chi connectivity index (χ2v) is 5.41. The molecule has 1 N–H and O–H groups in total. The van der Waals surface area contributed by atoms with E-state index < -0.39 is 4.92 Å². The van der Waals surface area contributed by atoms with Crippen LogP contribution in [0.15, 0.2) is 59.7 Å². The van der Waals surface area contributed by atoms with Crippen LogP contribution in [-0.4, -0.2) is 25.5 Å². The number of non-ortho nitro benzene ring substituents is 1. The molecule has 0 fully saturated rings. The van der Waals surface area contributed by atoms with Gasteiger partial charge in [-0.05, 0) is 19.1 Å². The maximum absolute atomic E-state index is 10.9. The molecule has 0 aliphatic rings. The van der Waals surface area contributed by atoms with Crippen LogP contribution in [-0.2, 0) is 0 Å². The van der Waals surface area contributed by atoms with Gasteiger partial charge < -0.3 is 0 Å². The molecule has 1 aromatic heterocycles. The molecule has 0 bridgehead atoms. The van der Waals surface area contributed by atoms with Crippen molar-refractivity contribution in [3.05, 3.63) is 75.0 Å². The molecule has 1 heterocycles. The van der Waals surface area contributed by atoms with Crippen molar-refractivity contribution in [2.45, 2.75) is 6.92 Å². The maximum atomic E-state index is 10.9. The van der Waals surface area contributed by atoms with Crippen molar-refractivity contribution in [3.63, 3.8) is 0 Å². The Morgan fingerprint density at radius 1 is 1.25 bits per heavy atom. The van der Waals surface area contributed by atoms with Crippen LogP contribution in [0.25, 0.3) is 11.4 Å². The van der Waals surface area contributed by atoms with Gasteiger partial charge in [0.1, 0.15) is 0 Å². The van der Waals surface area contributed by atoms with Gasteiger partial charge >= 0.3 is 0 Å². The Kier molecular flexibility index (Phi) is 4.30. The number of nitrogens with zero attached hydrogens (tertiary/aromatic N) is 4. The average Bonchev–Trinajstić information content (AvgIpc) is 2.96. The first-order valence-corrected chi connectivity index (χ1v) is 7.50. The fourth-order valence-corrected chi connectivity index (χ4v) is 2.38. The van der Waals surface area contributed by atoms with Crippen LogP contribution in [0.2, 0.25) is 0 Å². The molecule has 7 nitrogen and oxygen atoms in total. The molecule has 3 rings (SSSR count). The highest BCUT2D eigenvalue weighted by Gasteiger charge is 2.11. The first kappa shape index (κ1) is 15.8. The molecule has 3 aromatic rings. The topological polar surface area (TPSA) is 89.1 Å². The fraction of sp³-hybridized carbons (Fsp3) is 0.0625. The van der Waals surface area contributed by atoms with Crippen molar-refractivity contribution in [1.82, 2.24) is 14.9 Å². The van der Waals surface area contributed by atoms with Crippen molar-refractivity contribution in [3.8, 4) is 11.4 Å². The van der Waals surface area contributed by atoms with Crippen LogP contribution >= 0.6 is 12.2 Å². The van der Waals surface area contributed by atoms with Crippen LogP contribution < -0.4 is 0 Å². The molecule has 24 heavy (non-hydrogen) atoms. The predicted molar refractivity (Wildman–Crippen MR) is 93.6 cm³/mol. The molecule has 0 aliphatic heterocycles. The molecular weight excluding hydrogens is 326 g/mol. The Hall–Kier alpha value is -3.13. The third-order valence-electron chi connectivity index (χ3n) is 3.41. The van der Waals surface area contributed by atoms with E-state index in [0.29, 0.717) is 21.9 Å². The van der Waals surface area contributed by atoms with E-state index in [1.165, 1.54) is 16.8 Å². The lowest BCUT2D eigenvalue weighted by Crippen LogP contribution is -2.02. The third-order valence-corrected chi connectivity index (χ3v) is 3.67. The summed E-state index contributed by atoms with van der Waals surface area (Å²) in [5, 5.41) is 22.3. The first-order valence-electron chi connectivity index (χ1n) is 7.09. The number of nitro benzene ring substituents is 1. The average molecular weight is 339 g/mol. The zero-order valence-electron chi connectivity index (χ0n) is 12.7. The summed E-state index contributed by atoms with van der Waals surface area (Å²) in [6, 6.07) is 15.8. The largest absolute Gasteiger partial charge is 0.270 e. The summed E-state index contributed by atoms with van der Waals surface area (Å²) in [7, 11) is 0. The van der Waals surface area contributed by atoms with E-state index in [1.54, 1.807) is 19.1 Å². The summed E-state index contributed by atoms with van der Waals surface area (Å²) in [5.74, 6) is 0.574. The van der Waals surface area contributed by atoms with Crippen LogP contribution in [0.5, 0.6) is 0 Å². The van der Waals surface area contributed by atoms with E-state index in [1.807, 2.05) is 30.3 Å². The predicted octanol–water partition coefficient (Wildman–Crippen LogP) is 3.79. The Morgan fingerprint density at radius 3 is 2.71 bits per heavy atom. The molecule has 0 saturated heterocycles. The van der Waals surface area contributed by atoms with Gasteiger partial charge in [-0.25, -0.2) is 5.10 Å². The highest BCUT2D eigenvalue weighted by atomic mass is 32.1. The quantitative estimate of drug-likeness (QED) is 0.339. The first-order chi connectivity index (χ1) is 11.6. The lowest BCUT2D eigenvalue weighted by molar-refractivity contribution is -0.384. The Bertz CT molecular complexity index is 975. The third kappa shape index (κ3) is 3.13. The number of benzene rings is 2. The Labute approximate surface area is 142 Å². The zero-order chi connectivity index (χ0) is 17.1. The molecule has 0 atom stereocenters. The van der Waals surface area contributed by atoms with Gasteiger partial charge in [0, 0.05) is 23.3 Å². The van der Waals surface area contributed by atoms with Crippen molar-refractivity contribution < 1.29 is 4.92 Å². The number of hydrogen-bond acceptors (Lipinski definition) is 5. The van der Waals surface area contributed by atoms with Gasteiger partial charge in [-0.3, -0.25) is 10.1 Å². The van der Waals surface area contributed by atoms with E-state index in [2.05, 4.69) is 15.3 Å². The summed E-state index contributed by atoms with van der Waals surface area (Å²) in [6.07, 6.45) is 0. The second-order valence-electron chi connectivity index (χ2n) is 5.02. The molecular formula is C16H13N5O2S. The van der Waals surface area contributed by atoms with Gasteiger partial charge in [0.15, 0.2) is 5.82 Å². The minimum atomic E-state index is -0.435. The van der Waals surface area contributed by atoms with Gasteiger partial charge in [0.2, 0.25) is 4.77 Å². The SMILES string of the molecule is CC(=Nn1c(-c2ccccc2)n[nH]c1=S)c1cccc([N+](=O)[O-])c1. The van der Waals surface area contributed by atoms with E-state index in [-0.39, 0.29) is 5.69 Å². The summed E-state index contributed by atoms with van der Waals surface area (Å²) >= 11 is 5.24. The van der Waals surface area contributed by atoms with Gasteiger partial charge in [0.05, 0.1) is 10.6 Å². The van der Waals surface area contributed by atoms with Gasteiger partial charge in [-0.2, -0.15) is 14.9 Å². The minimum absolute atomic E-state index is 0.0149. The normalized spacial score (nSPS) is 11.5. The van der Waals surface area contributed by atoms with Crippen LogP contribution in [0, 0.1) is 14.9 Å². The molecule has 0 aliphatic carbocycles. The van der Waals surface area contributed by atoms with Crippen LogP contribution in [0.1, 0.15) is 12.5 Å².